The van der Waals surface area contributed by atoms with Gasteiger partial charge in [-0.1, -0.05) is 12.8 Å². The molecule has 8 nitrogen and oxygen atoms in total. The molecule has 2 saturated heterocycles. The second-order valence-corrected chi connectivity index (χ2v) is 10.8. The van der Waals surface area contributed by atoms with E-state index in [4.69, 9.17) is 5.26 Å². The molecule has 0 saturated carbocycles. The number of benzene rings is 2. The highest BCUT2D eigenvalue weighted by Crippen LogP contribution is 2.22. The molecule has 2 aliphatic heterocycles. The van der Waals surface area contributed by atoms with Gasteiger partial charge in [0.1, 0.15) is 0 Å². The summed E-state index contributed by atoms with van der Waals surface area (Å²) in [5, 5.41) is 11.9. The molecule has 180 valence electrons. The molecular weight excluding hydrogens is 450 g/mol. The zero-order chi connectivity index (χ0) is 24.0. The maximum Gasteiger partial charge on any atom is 0.243 e. The average Bonchev–Trinajstić information content (AvgIpc) is 3.14. The molecule has 9 heteroatoms. The molecule has 0 aromatic heterocycles. The molecule has 2 aromatic rings. The van der Waals surface area contributed by atoms with Gasteiger partial charge in [0.15, 0.2) is 0 Å². The van der Waals surface area contributed by atoms with E-state index in [1.807, 2.05) is 23.1 Å². The van der Waals surface area contributed by atoms with Crippen molar-refractivity contribution in [3.8, 4) is 6.07 Å². The normalized spacial score (nSPS) is 18.1. The zero-order valence-corrected chi connectivity index (χ0v) is 20.1. The molecule has 2 aromatic carbocycles. The third-order valence-electron chi connectivity index (χ3n) is 6.44. The van der Waals surface area contributed by atoms with E-state index in [1.165, 1.54) is 59.9 Å². The van der Waals surface area contributed by atoms with Crippen molar-refractivity contribution in [2.24, 2.45) is 0 Å². The highest BCUT2D eigenvalue weighted by atomic mass is 32.2. The number of carbonyl (C=O) groups excluding carboxylic acids is 1. The van der Waals surface area contributed by atoms with Crippen LogP contribution >= 0.6 is 0 Å². The Balaban J connectivity index is 1.26. The van der Waals surface area contributed by atoms with Gasteiger partial charge in [0, 0.05) is 50.6 Å². The SMILES string of the molecule is N#Cc1ccc(S(=O)(=O)N2CCN(CC(=O)Nc3ccc(N4CCCCCC4)cc3)CC2)cc1. The van der Waals surface area contributed by atoms with E-state index in [2.05, 4.69) is 22.3 Å². The van der Waals surface area contributed by atoms with Crippen LogP contribution in [0.25, 0.3) is 0 Å². The van der Waals surface area contributed by atoms with Gasteiger partial charge in [-0.3, -0.25) is 9.69 Å². The Bertz CT molecular complexity index is 1110. The molecule has 0 atom stereocenters. The summed E-state index contributed by atoms with van der Waals surface area (Å²) in [6.45, 7) is 3.99. The maximum absolute atomic E-state index is 12.9. The minimum atomic E-state index is -3.61. The summed E-state index contributed by atoms with van der Waals surface area (Å²) in [5.41, 5.74) is 2.39. The molecule has 34 heavy (non-hydrogen) atoms. The van der Waals surface area contributed by atoms with Crippen LogP contribution in [0.4, 0.5) is 11.4 Å². The van der Waals surface area contributed by atoms with Gasteiger partial charge in [-0.05, 0) is 61.4 Å². The number of rotatable bonds is 6. The minimum absolute atomic E-state index is 0.106. The molecular formula is C25H31N5O3S. The number of nitrogens with zero attached hydrogens (tertiary/aromatic N) is 4. The molecule has 0 radical (unpaired) electrons. The lowest BCUT2D eigenvalue weighted by atomic mass is 10.2. The van der Waals surface area contributed by atoms with Gasteiger partial charge in [0.2, 0.25) is 15.9 Å². The smallest absolute Gasteiger partial charge is 0.243 e. The van der Waals surface area contributed by atoms with Crippen molar-refractivity contribution in [1.29, 1.82) is 5.26 Å². The van der Waals surface area contributed by atoms with Crippen molar-refractivity contribution in [3.05, 3.63) is 54.1 Å². The van der Waals surface area contributed by atoms with Crippen molar-refractivity contribution in [1.82, 2.24) is 9.21 Å². The third-order valence-corrected chi connectivity index (χ3v) is 8.35. The predicted molar refractivity (Wildman–Crippen MR) is 132 cm³/mol. The number of hydrogen-bond donors (Lipinski definition) is 1. The van der Waals surface area contributed by atoms with Crippen LogP contribution in [0.3, 0.4) is 0 Å². The van der Waals surface area contributed by atoms with Crippen LogP contribution in [0.15, 0.2) is 53.4 Å². The lowest BCUT2D eigenvalue weighted by molar-refractivity contribution is -0.117. The summed E-state index contributed by atoms with van der Waals surface area (Å²) in [7, 11) is -3.61. The average molecular weight is 482 g/mol. The number of piperazine rings is 1. The number of amides is 1. The summed E-state index contributed by atoms with van der Waals surface area (Å²) >= 11 is 0. The van der Waals surface area contributed by atoms with Gasteiger partial charge < -0.3 is 10.2 Å². The Labute approximate surface area is 201 Å². The van der Waals surface area contributed by atoms with Gasteiger partial charge in [-0.2, -0.15) is 9.57 Å². The molecule has 2 aliphatic rings. The van der Waals surface area contributed by atoms with Crippen LogP contribution in [0.5, 0.6) is 0 Å². The van der Waals surface area contributed by atoms with Gasteiger partial charge >= 0.3 is 0 Å². The molecule has 0 spiro atoms. The highest BCUT2D eigenvalue weighted by Gasteiger charge is 2.29. The van der Waals surface area contributed by atoms with E-state index in [0.29, 0.717) is 31.7 Å². The summed E-state index contributed by atoms with van der Waals surface area (Å²) in [6.07, 6.45) is 5.03. The Hall–Kier alpha value is -2.93. The van der Waals surface area contributed by atoms with E-state index in [0.717, 1.165) is 18.8 Å². The van der Waals surface area contributed by atoms with Gasteiger partial charge in [-0.15, -0.1) is 0 Å². The lowest BCUT2D eigenvalue weighted by Gasteiger charge is -2.33. The van der Waals surface area contributed by atoms with Crippen LogP contribution in [0.2, 0.25) is 0 Å². The number of nitriles is 1. The number of sulfonamides is 1. The molecule has 2 fully saturated rings. The van der Waals surface area contributed by atoms with Crippen LogP contribution in [-0.2, 0) is 14.8 Å². The van der Waals surface area contributed by atoms with Crippen LogP contribution in [0.1, 0.15) is 31.2 Å². The van der Waals surface area contributed by atoms with Crippen molar-refractivity contribution >= 4 is 27.3 Å². The van der Waals surface area contributed by atoms with E-state index < -0.39 is 10.0 Å². The fourth-order valence-corrected chi connectivity index (χ4v) is 5.89. The summed E-state index contributed by atoms with van der Waals surface area (Å²) in [6, 6.07) is 16.0. The molecule has 0 unspecified atom stereocenters. The first kappa shape index (κ1) is 24.2. The quantitative estimate of drug-likeness (QED) is 0.682. The van der Waals surface area contributed by atoms with E-state index in [9.17, 15) is 13.2 Å². The minimum Gasteiger partial charge on any atom is -0.372 e. The topological polar surface area (TPSA) is 96.7 Å². The first-order valence-corrected chi connectivity index (χ1v) is 13.3. The Morgan fingerprint density at radius 3 is 2.06 bits per heavy atom. The van der Waals surface area contributed by atoms with Crippen molar-refractivity contribution in [3.63, 3.8) is 0 Å². The van der Waals surface area contributed by atoms with Crippen LogP contribution < -0.4 is 10.2 Å². The Kier molecular flexibility index (Phi) is 7.83. The predicted octanol–water partition coefficient (Wildman–Crippen LogP) is 2.88. The van der Waals surface area contributed by atoms with Crippen molar-refractivity contribution in [2.45, 2.75) is 30.6 Å². The van der Waals surface area contributed by atoms with Gasteiger partial charge in [-0.25, -0.2) is 8.42 Å². The van der Waals surface area contributed by atoms with E-state index in [-0.39, 0.29) is 17.3 Å². The Morgan fingerprint density at radius 1 is 0.853 bits per heavy atom. The second-order valence-electron chi connectivity index (χ2n) is 8.81. The van der Waals surface area contributed by atoms with Gasteiger partial charge in [0.25, 0.3) is 0 Å². The highest BCUT2D eigenvalue weighted by molar-refractivity contribution is 7.89. The zero-order valence-electron chi connectivity index (χ0n) is 19.3. The van der Waals surface area contributed by atoms with Crippen molar-refractivity contribution < 1.29 is 13.2 Å². The molecule has 1 amide bonds. The van der Waals surface area contributed by atoms with Crippen LogP contribution in [0, 0.1) is 11.3 Å². The van der Waals surface area contributed by atoms with E-state index in [1.54, 1.807) is 0 Å². The molecule has 2 heterocycles. The number of nitrogens with one attached hydrogen (secondary N) is 1. The second kappa shape index (κ2) is 11.0. The largest absolute Gasteiger partial charge is 0.372 e. The number of hydrogen-bond acceptors (Lipinski definition) is 6. The third kappa shape index (κ3) is 5.95. The Morgan fingerprint density at radius 2 is 1.47 bits per heavy atom. The molecule has 1 N–H and O–H groups in total. The standard InChI is InChI=1S/C25H31N5O3S/c26-19-21-5-11-24(12-6-21)34(32,33)30-17-15-28(16-18-30)20-25(31)27-22-7-9-23(10-8-22)29-13-3-1-2-4-14-29/h5-12H,1-4,13-18,20H2,(H,27,31). The fourth-order valence-electron chi connectivity index (χ4n) is 4.47. The van der Waals surface area contributed by atoms with E-state index >= 15 is 0 Å². The van der Waals surface area contributed by atoms with Gasteiger partial charge in [0.05, 0.1) is 23.1 Å². The lowest BCUT2D eigenvalue weighted by Crippen LogP contribution is -2.50. The fraction of sp³-hybridized carbons (Fsp3) is 0.440. The summed E-state index contributed by atoms with van der Waals surface area (Å²) < 4.78 is 27.2. The number of anilines is 2. The summed E-state index contributed by atoms with van der Waals surface area (Å²) in [5.74, 6) is -0.106. The maximum atomic E-state index is 12.9. The molecule has 0 aliphatic carbocycles. The monoisotopic (exact) mass is 481 g/mol. The van der Waals surface area contributed by atoms with Crippen LogP contribution in [-0.4, -0.2) is 69.3 Å². The molecule has 0 bridgehead atoms. The summed E-state index contributed by atoms with van der Waals surface area (Å²) in [4.78, 5) is 17.1. The van der Waals surface area contributed by atoms with Crippen molar-refractivity contribution in [2.75, 3.05) is 56.0 Å². The number of carbonyl (C=O) groups is 1. The first-order chi connectivity index (χ1) is 16.5. The first-order valence-electron chi connectivity index (χ1n) is 11.8. The molecule has 4 rings (SSSR count).